The number of rotatable bonds is 4. The minimum absolute atomic E-state index is 0.00780. The first kappa shape index (κ1) is 15.9. The van der Waals surface area contributed by atoms with Crippen molar-refractivity contribution < 1.29 is 16.8 Å². The summed E-state index contributed by atoms with van der Waals surface area (Å²) in [6, 6.07) is 4.08. The van der Waals surface area contributed by atoms with E-state index in [9.17, 15) is 16.8 Å². The Kier molecular flexibility index (Phi) is 4.09. The zero-order chi connectivity index (χ0) is 15.8. The summed E-state index contributed by atoms with van der Waals surface area (Å²) in [6.45, 7) is 3.53. The fourth-order valence-electron chi connectivity index (χ4n) is 1.76. The zero-order valence-corrected chi connectivity index (χ0v) is 14.1. The highest BCUT2D eigenvalue weighted by atomic mass is 32.2. The highest BCUT2D eigenvalue weighted by Crippen LogP contribution is 2.26. The second-order valence-electron chi connectivity index (χ2n) is 4.53. The Balaban J connectivity index is 2.40. The molecule has 0 amide bonds. The number of aryl methyl sites for hydroxylation is 2. The molecular formula is C12H14N2O4S3. The summed E-state index contributed by atoms with van der Waals surface area (Å²) in [6.07, 6.45) is 2.30. The van der Waals surface area contributed by atoms with Crippen LogP contribution >= 0.6 is 11.3 Å². The van der Waals surface area contributed by atoms with Crippen LogP contribution in [0.1, 0.15) is 9.75 Å². The lowest BCUT2D eigenvalue weighted by molar-refractivity contribution is 0.598. The van der Waals surface area contributed by atoms with Gasteiger partial charge in [-0.1, -0.05) is 0 Å². The van der Waals surface area contributed by atoms with E-state index < -0.39 is 19.9 Å². The van der Waals surface area contributed by atoms with E-state index in [0.29, 0.717) is 4.88 Å². The Hall–Kier alpha value is -1.45. The van der Waals surface area contributed by atoms with Crippen molar-refractivity contribution in [3.8, 4) is 0 Å². The Labute approximate surface area is 127 Å². The van der Waals surface area contributed by atoms with Crippen molar-refractivity contribution in [1.29, 1.82) is 0 Å². The summed E-state index contributed by atoms with van der Waals surface area (Å²) in [5.41, 5.74) is 0. The quantitative estimate of drug-likeness (QED) is 0.913. The van der Waals surface area contributed by atoms with Crippen molar-refractivity contribution in [2.75, 3.05) is 11.0 Å². The smallest absolute Gasteiger partial charge is 0.263 e. The van der Waals surface area contributed by atoms with Crippen LogP contribution in [0, 0.1) is 13.8 Å². The van der Waals surface area contributed by atoms with E-state index in [1.165, 1.54) is 29.7 Å². The van der Waals surface area contributed by atoms with E-state index in [0.717, 1.165) is 11.1 Å². The SMILES string of the molecule is Cc1cc(S(=O)(=O)Nc2cc(S(C)(=O)=O)ccn2)c(C)s1. The summed E-state index contributed by atoms with van der Waals surface area (Å²) in [5, 5.41) is 0. The molecule has 9 heteroatoms. The molecule has 0 aliphatic carbocycles. The maximum absolute atomic E-state index is 12.3. The van der Waals surface area contributed by atoms with Crippen molar-refractivity contribution in [3.63, 3.8) is 0 Å². The molecule has 0 aromatic carbocycles. The number of thiophene rings is 1. The molecule has 21 heavy (non-hydrogen) atoms. The van der Waals surface area contributed by atoms with Gasteiger partial charge in [-0.25, -0.2) is 21.8 Å². The third kappa shape index (κ3) is 3.60. The minimum Gasteiger partial charge on any atom is -0.263 e. The predicted molar refractivity (Wildman–Crippen MR) is 81.9 cm³/mol. The van der Waals surface area contributed by atoms with Crippen LogP contribution in [0.25, 0.3) is 0 Å². The average molecular weight is 346 g/mol. The molecule has 0 radical (unpaired) electrons. The summed E-state index contributed by atoms with van der Waals surface area (Å²) < 4.78 is 49.9. The number of anilines is 1. The van der Waals surface area contributed by atoms with Crippen LogP contribution in [0.5, 0.6) is 0 Å². The van der Waals surface area contributed by atoms with Gasteiger partial charge in [0.05, 0.1) is 4.90 Å². The van der Waals surface area contributed by atoms with Gasteiger partial charge < -0.3 is 0 Å². The second-order valence-corrected chi connectivity index (χ2v) is 9.66. The first-order valence-electron chi connectivity index (χ1n) is 5.85. The Bertz CT molecular complexity index is 883. The predicted octanol–water partition coefficient (Wildman–Crippen LogP) is 1.96. The maximum atomic E-state index is 12.3. The summed E-state index contributed by atoms with van der Waals surface area (Å²) in [5.74, 6) is -0.0267. The van der Waals surface area contributed by atoms with Crippen molar-refractivity contribution in [1.82, 2.24) is 4.98 Å². The van der Waals surface area contributed by atoms with Crippen LogP contribution in [-0.2, 0) is 19.9 Å². The van der Waals surface area contributed by atoms with Crippen LogP contribution in [0.4, 0.5) is 5.82 Å². The van der Waals surface area contributed by atoms with Gasteiger partial charge in [0.15, 0.2) is 9.84 Å². The van der Waals surface area contributed by atoms with E-state index >= 15 is 0 Å². The fraction of sp³-hybridized carbons (Fsp3) is 0.250. The maximum Gasteiger partial charge on any atom is 0.264 e. The number of pyridine rings is 1. The van der Waals surface area contributed by atoms with E-state index in [1.54, 1.807) is 13.0 Å². The molecule has 1 N–H and O–H groups in total. The van der Waals surface area contributed by atoms with Crippen molar-refractivity contribution in [2.45, 2.75) is 23.6 Å². The molecule has 0 atom stereocenters. The monoisotopic (exact) mass is 346 g/mol. The third-order valence-corrected chi connectivity index (χ3v) is 6.37. The fourth-order valence-corrected chi connectivity index (χ4v) is 4.95. The zero-order valence-electron chi connectivity index (χ0n) is 11.6. The molecular weight excluding hydrogens is 332 g/mol. The van der Waals surface area contributed by atoms with Gasteiger partial charge in [-0.15, -0.1) is 11.3 Å². The van der Waals surface area contributed by atoms with Gasteiger partial charge in [0.1, 0.15) is 10.7 Å². The molecule has 2 aromatic rings. The van der Waals surface area contributed by atoms with Gasteiger partial charge in [-0.2, -0.15) is 0 Å². The van der Waals surface area contributed by atoms with E-state index in [-0.39, 0.29) is 15.6 Å². The standard InChI is InChI=1S/C12H14N2O4S3/c1-8-6-11(9(2)19-8)21(17,18)14-12-7-10(4-5-13-12)20(3,15)16/h4-7H,1-3H3,(H,13,14). The number of hydrogen-bond acceptors (Lipinski definition) is 6. The molecule has 0 fully saturated rings. The van der Waals surface area contributed by atoms with Gasteiger partial charge in [0.25, 0.3) is 10.0 Å². The minimum atomic E-state index is -3.78. The van der Waals surface area contributed by atoms with Crippen LogP contribution in [0.3, 0.4) is 0 Å². The van der Waals surface area contributed by atoms with Gasteiger partial charge in [-0.3, -0.25) is 4.72 Å². The molecule has 0 aliphatic heterocycles. The highest BCUT2D eigenvalue weighted by Gasteiger charge is 2.20. The van der Waals surface area contributed by atoms with Crippen LogP contribution < -0.4 is 4.72 Å². The molecule has 0 bridgehead atoms. The molecule has 114 valence electrons. The molecule has 2 aromatic heterocycles. The van der Waals surface area contributed by atoms with Gasteiger partial charge in [0.2, 0.25) is 0 Å². The second kappa shape index (κ2) is 5.39. The molecule has 0 unspecified atom stereocenters. The Morgan fingerprint density at radius 2 is 1.81 bits per heavy atom. The highest BCUT2D eigenvalue weighted by molar-refractivity contribution is 7.93. The number of sulfone groups is 1. The molecule has 0 spiro atoms. The number of hydrogen-bond donors (Lipinski definition) is 1. The van der Waals surface area contributed by atoms with Gasteiger partial charge >= 0.3 is 0 Å². The summed E-state index contributed by atoms with van der Waals surface area (Å²) >= 11 is 1.38. The largest absolute Gasteiger partial charge is 0.264 e. The number of aromatic nitrogens is 1. The summed E-state index contributed by atoms with van der Waals surface area (Å²) in [4.78, 5) is 5.58. The van der Waals surface area contributed by atoms with E-state index in [1.807, 2.05) is 6.92 Å². The van der Waals surface area contributed by atoms with Gasteiger partial charge in [0, 0.05) is 28.3 Å². The number of nitrogens with one attached hydrogen (secondary N) is 1. The topological polar surface area (TPSA) is 93.2 Å². The first-order chi connectivity index (χ1) is 9.59. The first-order valence-corrected chi connectivity index (χ1v) is 10.0. The Morgan fingerprint density at radius 3 is 2.33 bits per heavy atom. The van der Waals surface area contributed by atoms with Crippen LogP contribution in [-0.4, -0.2) is 28.1 Å². The lowest BCUT2D eigenvalue weighted by atomic mass is 10.4. The van der Waals surface area contributed by atoms with Crippen molar-refractivity contribution >= 4 is 37.0 Å². The molecule has 2 rings (SSSR count). The normalized spacial score (nSPS) is 12.3. The lowest BCUT2D eigenvalue weighted by Gasteiger charge is -2.07. The average Bonchev–Trinajstić information content (AvgIpc) is 2.68. The molecule has 0 saturated heterocycles. The lowest BCUT2D eigenvalue weighted by Crippen LogP contribution is -2.14. The summed E-state index contributed by atoms with van der Waals surface area (Å²) in [7, 11) is -7.20. The molecule has 2 heterocycles. The number of nitrogens with zero attached hydrogens (tertiary/aromatic N) is 1. The van der Waals surface area contributed by atoms with Crippen LogP contribution in [0.15, 0.2) is 34.2 Å². The Morgan fingerprint density at radius 1 is 1.14 bits per heavy atom. The third-order valence-electron chi connectivity index (χ3n) is 2.68. The van der Waals surface area contributed by atoms with Gasteiger partial charge in [-0.05, 0) is 26.0 Å². The van der Waals surface area contributed by atoms with E-state index in [4.69, 9.17) is 0 Å². The van der Waals surface area contributed by atoms with Crippen molar-refractivity contribution in [2.24, 2.45) is 0 Å². The molecule has 6 nitrogen and oxygen atoms in total. The van der Waals surface area contributed by atoms with Crippen molar-refractivity contribution in [3.05, 3.63) is 34.2 Å². The molecule has 0 saturated carbocycles. The number of sulfonamides is 1. The van der Waals surface area contributed by atoms with E-state index in [2.05, 4.69) is 9.71 Å². The molecule has 0 aliphatic rings. The van der Waals surface area contributed by atoms with Crippen LogP contribution in [0.2, 0.25) is 0 Å².